The zero-order chi connectivity index (χ0) is 14.8. The van der Waals surface area contributed by atoms with Crippen molar-refractivity contribution < 1.29 is 18.0 Å². The van der Waals surface area contributed by atoms with E-state index in [1.54, 1.807) is 12.1 Å². The number of urea groups is 1. The standard InChI is InChI=1S/C12H13BrF3N3O/c13-9-3-4-10(17-6-9)18-11(20)19-5-1-2-8(7-19)12(14,15)16/h3-4,6,8H,1-2,5,7H2,(H,17,18,20). The Labute approximate surface area is 122 Å². The quantitative estimate of drug-likeness (QED) is 0.839. The van der Waals surface area contributed by atoms with E-state index in [4.69, 9.17) is 0 Å². The lowest BCUT2D eigenvalue weighted by Gasteiger charge is -2.33. The lowest BCUT2D eigenvalue weighted by Crippen LogP contribution is -2.46. The van der Waals surface area contributed by atoms with Gasteiger partial charge in [0.2, 0.25) is 0 Å². The van der Waals surface area contributed by atoms with Crippen LogP contribution in [0.4, 0.5) is 23.8 Å². The van der Waals surface area contributed by atoms with E-state index in [0.29, 0.717) is 18.8 Å². The summed E-state index contributed by atoms with van der Waals surface area (Å²) in [6.45, 7) is 0.0286. The van der Waals surface area contributed by atoms with E-state index < -0.39 is 18.1 Å². The van der Waals surface area contributed by atoms with Gasteiger partial charge in [0.25, 0.3) is 0 Å². The Kier molecular flexibility index (Phi) is 4.52. The fraction of sp³-hybridized carbons (Fsp3) is 0.500. The van der Waals surface area contributed by atoms with Crippen molar-refractivity contribution >= 4 is 27.8 Å². The zero-order valence-corrected chi connectivity index (χ0v) is 12.0. The molecule has 0 bridgehead atoms. The average Bonchev–Trinajstić information content (AvgIpc) is 2.40. The molecule has 0 saturated carbocycles. The number of nitrogens with one attached hydrogen (secondary N) is 1. The molecular weight excluding hydrogens is 339 g/mol. The van der Waals surface area contributed by atoms with Crippen LogP contribution in [-0.4, -0.2) is 35.2 Å². The predicted octanol–water partition coefficient (Wildman–Crippen LogP) is 3.65. The summed E-state index contributed by atoms with van der Waals surface area (Å²) in [6, 6.07) is 2.72. The van der Waals surface area contributed by atoms with E-state index in [-0.39, 0.29) is 13.0 Å². The van der Waals surface area contributed by atoms with Gasteiger partial charge in [-0.25, -0.2) is 9.78 Å². The lowest BCUT2D eigenvalue weighted by molar-refractivity contribution is -0.183. The molecule has 1 aliphatic heterocycles. The zero-order valence-electron chi connectivity index (χ0n) is 10.5. The third kappa shape index (κ3) is 3.84. The molecular formula is C12H13BrF3N3O. The first-order valence-corrected chi connectivity index (χ1v) is 6.90. The highest BCUT2D eigenvalue weighted by Gasteiger charge is 2.42. The predicted molar refractivity (Wildman–Crippen MR) is 71.3 cm³/mol. The summed E-state index contributed by atoms with van der Waals surface area (Å²) >= 11 is 3.21. The Hall–Kier alpha value is -1.31. The highest BCUT2D eigenvalue weighted by atomic mass is 79.9. The van der Waals surface area contributed by atoms with Crippen molar-refractivity contribution in [2.24, 2.45) is 5.92 Å². The summed E-state index contributed by atoms with van der Waals surface area (Å²) in [5.74, 6) is -1.13. The molecule has 0 aliphatic carbocycles. The molecule has 2 heterocycles. The van der Waals surface area contributed by atoms with Crippen LogP contribution in [0.3, 0.4) is 0 Å². The van der Waals surface area contributed by atoms with Gasteiger partial charge in [-0.1, -0.05) is 0 Å². The highest BCUT2D eigenvalue weighted by Crippen LogP contribution is 2.33. The summed E-state index contributed by atoms with van der Waals surface area (Å²) < 4.78 is 38.8. The van der Waals surface area contributed by atoms with Crippen LogP contribution >= 0.6 is 15.9 Å². The first-order chi connectivity index (χ1) is 9.36. The number of amides is 2. The highest BCUT2D eigenvalue weighted by molar-refractivity contribution is 9.10. The minimum atomic E-state index is -4.26. The second kappa shape index (κ2) is 5.99. The second-order valence-electron chi connectivity index (χ2n) is 4.62. The van der Waals surface area contributed by atoms with Crippen molar-refractivity contribution in [3.8, 4) is 0 Å². The molecule has 1 N–H and O–H groups in total. The molecule has 1 aromatic rings. The molecule has 8 heteroatoms. The number of aromatic nitrogens is 1. The molecule has 1 fully saturated rings. The molecule has 20 heavy (non-hydrogen) atoms. The number of hydrogen-bond donors (Lipinski definition) is 1. The molecule has 1 saturated heterocycles. The fourth-order valence-corrected chi connectivity index (χ4v) is 2.30. The van der Waals surface area contributed by atoms with Gasteiger partial charge in [0, 0.05) is 23.8 Å². The van der Waals surface area contributed by atoms with E-state index in [9.17, 15) is 18.0 Å². The van der Waals surface area contributed by atoms with Crippen molar-refractivity contribution in [1.82, 2.24) is 9.88 Å². The number of halogens is 4. The van der Waals surface area contributed by atoms with Gasteiger partial charge in [-0.15, -0.1) is 0 Å². The van der Waals surface area contributed by atoms with Crippen LogP contribution in [0, 0.1) is 5.92 Å². The third-order valence-electron chi connectivity index (χ3n) is 3.13. The summed E-state index contributed by atoms with van der Waals surface area (Å²) in [6.07, 6.45) is -2.33. The van der Waals surface area contributed by atoms with Crippen LogP contribution in [0.25, 0.3) is 0 Å². The number of alkyl halides is 3. The minimum Gasteiger partial charge on any atom is -0.324 e. The van der Waals surface area contributed by atoms with Crippen molar-refractivity contribution in [3.05, 3.63) is 22.8 Å². The first kappa shape index (κ1) is 15.1. The maximum absolute atomic E-state index is 12.7. The van der Waals surface area contributed by atoms with Crippen LogP contribution in [-0.2, 0) is 0 Å². The Bertz CT molecular complexity index is 478. The number of piperidine rings is 1. The number of carbonyl (C=O) groups excluding carboxylic acids is 1. The van der Waals surface area contributed by atoms with E-state index in [0.717, 1.165) is 4.47 Å². The first-order valence-electron chi connectivity index (χ1n) is 6.10. The van der Waals surface area contributed by atoms with Crippen LogP contribution in [0.5, 0.6) is 0 Å². The molecule has 1 atom stereocenters. The summed E-state index contributed by atoms with van der Waals surface area (Å²) in [5, 5.41) is 2.50. The van der Waals surface area contributed by atoms with Gasteiger partial charge in [-0.05, 0) is 40.9 Å². The fourth-order valence-electron chi connectivity index (χ4n) is 2.07. The molecule has 1 aromatic heterocycles. The SMILES string of the molecule is O=C(Nc1ccc(Br)cn1)N1CCCC(C(F)(F)F)C1. The summed E-state index contributed by atoms with van der Waals surface area (Å²) in [5.41, 5.74) is 0. The van der Waals surface area contributed by atoms with E-state index >= 15 is 0 Å². The Morgan fingerprint density at radius 3 is 2.80 bits per heavy atom. The number of nitrogens with zero attached hydrogens (tertiary/aromatic N) is 2. The second-order valence-corrected chi connectivity index (χ2v) is 5.53. The summed E-state index contributed by atoms with van der Waals surface area (Å²) in [4.78, 5) is 17.1. The number of anilines is 1. The van der Waals surface area contributed by atoms with Gasteiger partial charge in [0.15, 0.2) is 0 Å². The molecule has 2 amide bonds. The molecule has 2 rings (SSSR count). The molecule has 0 radical (unpaired) electrons. The van der Waals surface area contributed by atoms with Crippen molar-refractivity contribution in [2.45, 2.75) is 19.0 Å². The monoisotopic (exact) mass is 351 g/mol. The lowest BCUT2D eigenvalue weighted by atomic mass is 9.98. The van der Waals surface area contributed by atoms with Crippen LogP contribution < -0.4 is 5.32 Å². The van der Waals surface area contributed by atoms with E-state index in [2.05, 4.69) is 26.2 Å². The normalized spacial score (nSPS) is 19.8. The molecule has 0 spiro atoms. The topological polar surface area (TPSA) is 45.2 Å². The Balaban J connectivity index is 1.97. The number of likely N-dealkylation sites (tertiary alicyclic amines) is 1. The van der Waals surface area contributed by atoms with Gasteiger partial charge >= 0.3 is 12.2 Å². The third-order valence-corrected chi connectivity index (χ3v) is 3.60. The molecule has 0 aromatic carbocycles. The number of carbonyl (C=O) groups is 1. The van der Waals surface area contributed by atoms with Crippen molar-refractivity contribution in [1.29, 1.82) is 0 Å². The van der Waals surface area contributed by atoms with E-state index in [1.807, 2.05) is 0 Å². The molecule has 110 valence electrons. The summed E-state index contributed by atoms with van der Waals surface area (Å²) in [7, 11) is 0. The van der Waals surface area contributed by atoms with Gasteiger partial charge in [-0.3, -0.25) is 5.32 Å². The minimum absolute atomic E-state index is 0.0732. The van der Waals surface area contributed by atoms with Gasteiger partial charge < -0.3 is 4.90 Å². The number of rotatable bonds is 1. The van der Waals surface area contributed by atoms with Gasteiger partial charge in [0.05, 0.1) is 5.92 Å². The van der Waals surface area contributed by atoms with Crippen molar-refractivity contribution in [3.63, 3.8) is 0 Å². The average molecular weight is 352 g/mol. The maximum Gasteiger partial charge on any atom is 0.393 e. The van der Waals surface area contributed by atoms with Crippen LogP contribution in [0.1, 0.15) is 12.8 Å². The van der Waals surface area contributed by atoms with Gasteiger partial charge in [-0.2, -0.15) is 13.2 Å². The smallest absolute Gasteiger partial charge is 0.324 e. The number of hydrogen-bond acceptors (Lipinski definition) is 2. The Morgan fingerprint density at radius 2 is 2.20 bits per heavy atom. The Morgan fingerprint density at radius 1 is 1.45 bits per heavy atom. The molecule has 1 aliphatic rings. The van der Waals surface area contributed by atoms with Gasteiger partial charge in [0.1, 0.15) is 5.82 Å². The van der Waals surface area contributed by atoms with Crippen molar-refractivity contribution in [2.75, 3.05) is 18.4 Å². The van der Waals surface area contributed by atoms with E-state index in [1.165, 1.54) is 11.1 Å². The van der Waals surface area contributed by atoms with Crippen LogP contribution in [0.2, 0.25) is 0 Å². The van der Waals surface area contributed by atoms with Crippen LogP contribution in [0.15, 0.2) is 22.8 Å². The number of pyridine rings is 1. The largest absolute Gasteiger partial charge is 0.393 e. The maximum atomic E-state index is 12.7. The molecule has 4 nitrogen and oxygen atoms in total. The molecule has 1 unspecified atom stereocenters.